The number of thioether (sulfide) groups is 1. The lowest BCUT2D eigenvalue weighted by molar-refractivity contribution is -0.160. The summed E-state index contributed by atoms with van der Waals surface area (Å²) >= 11 is 2.49. The van der Waals surface area contributed by atoms with Gasteiger partial charge in [0.05, 0.1) is 5.71 Å². The van der Waals surface area contributed by atoms with Gasteiger partial charge in [-0.05, 0) is 39.5 Å². The van der Waals surface area contributed by atoms with E-state index in [1.807, 2.05) is 0 Å². The third-order valence-electron chi connectivity index (χ3n) is 5.96. The first-order chi connectivity index (χ1) is 16.1. The molecule has 2 amide bonds. The Morgan fingerprint density at radius 1 is 1.35 bits per heavy atom. The molecule has 2 saturated heterocycles. The van der Waals surface area contributed by atoms with Crippen LogP contribution in [0.2, 0.25) is 0 Å². The number of carbonyl (C=O) groups excluding carboxylic acids is 2. The summed E-state index contributed by atoms with van der Waals surface area (Å²) in [6.07, 6.45) is 2.52. The van der Waals surface area contributed by atoms with Crippen molar-refractivity contribution in [3.63, 3.8) is 0 Å². The maximum Gasteiger partial charge on any atom is 0.327 e. The van der Waals surface area contributed by atoms with Crippen molar-refractivity contribution < 1.29 is 29.2 Å². The summed E-state index contributed by atoms with van der Waals surface area (Å²) in [5, 5.41) is 21.7. The number of amides is 2. The normalized spacial score (nSPS) is 28.1. The molecule has 0 spiro atoms. The number of anilines is 1. The number of nitrogens with two attached hydrogens (primary N) is 1. The van der Waals surface area contributed by atoms with Crippen LogP contribution in [0.1, 0.15) is 45.2 Å². The topological polar surface area (TPSA) is 169 Å². The van der Waals surface area contributed by atoms with E-state index in [1.165, 1.54) is 23.8 Å². The van der Waals surface area contributed by atoms with E-state index in [2.05, 4.69) is 20.6 Å². The van der Waals surface area contributed by atoms with Gasteiger partial charge in [0.25, 0.3) is 5.91 Å². The number of oxime groups is 2. The predicted molar refractivity (Wildman–Crippen MR) is 127 cm³/mol. The summed E-state index contributed by atoms with van der Waals surface area (Å²) in [6.45, 7) is 3.54. The van der Waals surface area contributed by atoms with Gasteiger partial charge in [0.1, 0.15) is 36.4 Å². The Kier molecular flexibility index (Phi) is 6.71. The van der Waals surface area contributed by atoms with Crippen LogP contribution in [0.15, 0.2) is 15.7 Å². The largest absolute Gasteiger partial charge is 0.480 e. The van der Waals surface area contributed by atoms with Crippen molar-refractivity contribution in [2.75, 3.05) is 12.8 Å². The van der Waals surface area contributed by atoms with Crippen LogP contribution in [0.3, 0.4) is 0 Å². The lowest BCUT2D eigenvalue weighted by Crippen LogP contribution is -2.71. The smallest absolute Gasteiger partial charge is 0.327 e. The molecule has 3 fully saturated rings. The molecule has 1 aromatic heterocycles. The van der Waals surface area contributed by atoms with Crippen molar-refractivity contribution in [3.8, 4) is 0 Å². The van der Waals surface area contributed by atoms with Crippen LogP contribution in [0.4, 0.5) is 5.13 Å². The highest BCUT2D eigenvalue weighted by Gasteiger charge is 2.64. The Labute approximate surface area is 203 Å². The highest BCUT2D eigenvalue weighted by atomic mass is 32.2. The number of carboxylic acids is 1. The summed E-state index contributed by atoms with van der Waals surface area (Å²) in [5.74, 6) is -2.16. The number of carbonyl (C=O) groups is 3. The van der Waals surface area contributed by atoms with Crippen LogP contribution in [0.5, 0.6) is 0 Å². The number of thiazole rings is 1. The minimum absolute atomic E-state index is 0.0902. The number of aromatic nitrogens is 1. The molecule has 12 nitrogen and oxygen atoms in total. The standard InChI is InChI=1S/C20H26N6O6S2/c1-20(2)14(18(29)30)26-16(28)13(17(26)34-20)23-15(27)12(11-8-33-19(21)22-11)25-32-10-6-4-9(5-7-10)24-31-3/h8,10,13-14,17H,4-7H2,1-3H3,(H2,21,22)(H,23,27)(H,29,30)/b24-9?,25-12-/t10?,13-,14+,17-/m1/s1. The van der Waals surface area contributed by atoms with E-state index in [-0.39, 0.29) is 22.6 Å². The van der Waals surface area contributed by atoms with Crippen LogP contribution >= 0.6 is 23.1 Å². The number of nitrogens with zero attached hydrogens (tertiary/aromatic N) is 4. The van der Waals surface area contributed by atoms with E-state index in [1.54, 1.807) is 19.2 Å². The van der Waals surface area contributed by atoms with E-state index in [4.69, 9.17) is 15.4 Å². The Bertz CT molecular complexity index is 1050. The first-order valence-corrected chi connectivity index (χ1v) is 12.5. The number of hydrogen-bond donors (Lipinski definition) is 3. The average molecular weight is 511 g/mol. The molecule has 34 heavy (non-hydrogen) atoms. The van der Waals surface area contributed by atoms with E-state index >= 15 is 0 Å². The number of rotatable bonds is 7. The van der Waals surface area contributed by atoms with Crippen LogP contribution in [0.25, 0.3) is 0 Å². The molecule has 3 heterocycles. The fourth-order valence-electron chi connectivity index (χ4n) is 4.33. The summed E-state index contributed by atoms with van der Waals surface area (Å²) in [4.78, 5) is 53.5. The number of hydrogen-bond acceptors (Lipinski definition) is 11. The zero-order valence-corrected chi connectivity index (χ0v) is 20.5. The van der Waals surface area contributed by atoms with Gasteiger partial charge >= 0.3 is 5.97 Å². The zero-order valence-electron chi connectivity index (χ0n) is 18.9. The molecule has 0 radical (unpaired) electrons. The van der Waals surface area contributed by atoms with Gasteiger partial charge in [-0.2, -0.15) is 0 Å². The van der Waals surface area contributed by atoms with Gasteiger partial charge in [-0.15, -0.1) is 23.1 Å². The SMILES string of the molecule is CON=C1CCC(O/N=C(\C(=O)N[C@@H]2C(=O)N3[C@@H]2SC(C)(C)[C@@H]3C(=O)O)c2csc(N)n2)CC1. The van der Waals surface area contributed by atoms with E-state index in [0.717, 1.165) is 17.0 Å². The Morgan fingerprint density at radius 3 is 2.65 bits per heavy atom. The molecule has 1 aliphatic carbocycles. The molecule has 0 bridgehead atoms. The second-order valence-corrected chi connectivity index (χ2v) is 11.4. The molecule has 3 atom stereocenters. The van der Waals surface area contributed by atoms with Crippen LogP contribution < -0.4 is 11.1 Å². The van der Waals surface area contributed by atoms with E-state index in [0.29, 0.717) is 25.7 Å². The highest BCUT2D eigenvalue weighted by molar-refractivity contribution is 8.01. The van der Waals surface area contributed by atoms with Crippen molar-refractivity contribution in [2.24, 2.45) is 10.3 Å². The highest BCUT2D eigenvalue weighted by Crippen LogP contribution is 2.50. The average Bonchev–Trinajstić information content (AvgIpc) is 3.32. The molecule has 1 saturated carbocycles. The number of nitrogen functional groups attached to an aromatic ring is 1. The quantitative estimate of drug-likeness (QED) is 0.275. The van der Waals surface area contributed by atoms with Crippen molar-refractivity contribution in [1.82, 2.24) is 15.2 Å². The number of fused-ring (bicyclic) bond motifs is 1. The molecular formula is C20H26N6O6S2. The van der Waals surface area contributed by atoms with Gasteiger partial charge in [-0.25, -0.2) is 9.78 Å². The third kappa shape index (κ3) is 4.56. The van der Waals surface area contributed by atoms with E-state index in [9.17, 15) is 19.5 Å². The number of carboxylic acid groups (broad SMARTS) is 1. The molecule has 184 valence electrons. The van der Waals surface area contributed by atoms with Gasteiger partial charge in [0, 0.05) is 10.1 Å². The fourth-order valence-corrected chi connectivity index (χ4v) is 6.51. The second kappa shape index (κ2) is 9.41. The van der Waals surface area contributed by atoms with Gasteiger partial charge < -0.3 is 30.7 Å². The summed E-state index contributed by atoms with van der Waals surface area (Å²) in [5.41, 5.74) is 6.83. The minimum Gasteiger partial charge on any atom is -0.480 e. The first kappa shape index (κ1) is 24.3. The molecule has 4 N–H and O–H groups in total. The molecule has 14 heteroatoms. The minimum atomic E-state index is -1.07. The van der Waals surface area contributed by atoms with Crippen molar-refractivity contribution in [2.45, 2.75) is 67.8 Å². The van der Waals surface area contributed by atoms with Crippen LogP contribution in [0, 0.1) is 0 Å². The molecule has 0 aromatic carbocycles. The summed E-state index contributed by atoms with van der Waals surface area (Å²) in [6, 6.07) is -1.83. The lowest BCUT2D eigenvalue weighted by Gasteiger charge is -2.43. The molecule has 0 unspecified atom stereocenters. The maximum atomic E-state index is 13.1. The Morgan fingerprint density at radius 2 is 2.06 bits per heavy atom. The monoisotopic (exact) mass is 510 g/mol. The zero-order chi connectivity index (χ0) is 24.6. The van der Waals surface area contributed by atoms with Gasteiger partial charge in [-0.1, -0.05) is 10.3 Å². The molecular weight excluding hydrogens is 484 g/mol. The van der Waals surface area contributed by atoms with Crippen LogP contribution in [-0.2, 0) is 24.1 Å². The van der Waals surface area contributed by atoms with E-state index < -0.39 is 40.0 Å². The Balaban J connectivity index is 1.47. The van der Waals surface area contributed by atoms with Crippen molar-refractivity contribution >= 4 is 57.4 Å². The van der Waals surface area contributed by atoms with Crippen molar-refractivity contribution in [1.29, 1.82) is 0 Å². The third-order valence-corrected chi connectivity index (χ3v) is 8.21. The Hall–Kier alpha value is -2.87. The number of aliphatic carboxylic acids is 1. The molecule has 4 rings (SSSR count). The molecule has 1 aromatic rings. The van der Waals surface area contributed by atoms with Crippen molar-refractivity contribution in [3.05, 3.63) is 11.1 Å². The maximum absolute atomic E-state index is 13.1. The van der Waals surface area contributed by atoms with Gasteiger partial charge in [0.2, 0.25) is 5.91 Å². The number of β-lactam (4-membered cyclic amide) rings is 1. The molecule has 2 aliphatic heterocycles. The second-order valence-electron chi connectivity index (χ2n) is 8.71. The first-order valence-electron chi connectivity index (χ1n) is 10.7. The van der Waals surface area contributed by atoms with Crippen LogP contribution in [-0.4, -0.2) is 79.6 Å². The predicted octanol–water partition coefficient (Wildman–Crippen LogP) is 1.02. The molecule has 3 aliphatic rings. The fraction of sp³-hybridized carbons (Fsp3) is 0.600. The lowest BCUT2D eigenvalue weighted by atomic mass is 9.96. The summed E-state index contributed by atoms with van der Waals surface area (Å²) in [7, 11) is 1.50. The summed E-state index contributed by atoms with van der Waals surface area (Å²) < 4.78 is -0.693. The van der Waals surface area contributed by atoms with Gasteiger partial charge in [0.15, 0.2) is 10.8 Å². The van der Waals surface area contributed by atoms with Gasteiger partial charge in [-0.3, -0.25) is 9.59 Å². The number of nitrogens with one attached hydrogen (secondary N) is 1.